The zero-order valence-electron chi connectivity index (χ0n) is 16.8. The Kier molecular flexibility index (Phi) is 6.58. The molecular formula is C18H23N7O3S2. The van der Waals surface area contributed by atoms with E-state index in [1.54, 1.807) is 10.9 Å². The van der Waals surface area contributed by atoms with E-state index in [0.717, 1.165) is 11.2 Å². The van der Waals surface area contributed by atoms with E-state index in [-0.39, 0.29) is 16.8 Å². The molecule has 0 aliphatic heterocycles. The molecule has 2 heterocycles. The molecular weight excluding hydrogens is 426 g/mol. The minimum absolute atomic E-state index is 0.0443. The molecule has 0 saturated carbocycles. The Morgan fingerprint density at radius 2 is 1.93 bits per heavy atom. The smallest absolute Gasteiger partial charge is 0.251 e. The first-order valence-electron chi connectivity index (χ1n) is 9.14. The van der Waals surface area contributed by atoms with Crippen molar-refractivity contribution in [1.82, 2.24) is 25.1 Å². The van der Waals surface area contributed by atoms with E-state index in [1.165, 1.54) is 36.0 Å². The van der Waals surface area contributed by atoms with Crippen molar-refractivity contribution in [2.75, 3.05) is 18.1 Å². The molecule has 0 aliphatic rings. The van der Waals surface area contributed by atoms with Crippen molar-refractivity contribution < 1.29 is 13.2 Å². The van der Waals surface area contributed by atoms with Gasteiger partial charge in [-0.25, -0.2) is 28.2 Å². The van der Waals surface area contributed by atoms with Gasteiger partial charge >= 0.3 is 0 Å². The predicted octanol–water partition coefficient (Wildman–Crippen LogP) is 1.45. The molecule has 0 unspecified atom stereocenters. The summed E-state index contributed by atoms with van der Waals surface area (Å²) in [5, 5.41) is 17.0. The average molecular weight is 450 g/mol. The standard InChI is InChI=1S/C18H23N7O3S2/c1-11(2)22-15-14-10-21-25(16(14)24-18(23-15)29-3)9-8-20-17(26)12-4-6-13(7-5-12)30(19,27)28/h4-7,10-11H,8-9H2,1-3H3,(H,20,26)(H2,19,27,28)(H,22,23,24). The van der Waals surface area contributed by atoms with E-state index in [0.29, 0.717) is 29.5 Å². The first-order valence-corrected chi connectivity index (χ1v) is 11.9. The summed E-state index contributed by atoms with van der Waals surface area (Å²) in [6.07, 6.45) is 3.61. The highest BCUT2D eigenvalue weighted by atomic mass is 32.2. The van der Waals surface area contributed by atoms with Gasteiger partial charge in [0.25, 0.3) is 5.91 Å². The van der Waals surface area contributed by atoms with Crippen LogP contribution in [0, 0.1) is 0 Å². The topological polar surface area (TPSA) is 145 Å². The first kappa shape index (κ1) is 22.0. The van der Waals surface area contributed by atoms with Gasteiger partial charge in [-0.15, -0.1) is 0 Å². The first-order chi connectivity index (χ1) is 14.2. The van der Waals surface area contributed by atoms with E-state index < -0.39 is 10.0 Å². The van der Waals surface area contributed by atoms with Crippen LogP contribution in [0.3, 0.4) is 0 Å². The molecule has 3 aromatic rings. The van der Waals surface area contributed by atoms with Crippen LogP contribution in [0.2, 0.25) is 0 Å². The summed E-state index contributed by atoms with van der Waals surface area (Å²) in [6.45, 7) is 4.79. The number of hydrogen-bond donors (Lipinski definition) is 3. The van der Waals surface area contributed by atoms with Crippen LogP contribution in [0.1, 0.15) is 24.2 Å². The summed E-state index contributed by atoms with van der Waals surface area (Å²) in [6, 6.07) is 5.65. The molecule has 0 spiro atoms. The summed E-state index contributed by atoms with van der Waals surface area (Å²) >= 11 is 1.44. The van der Waals surface area contributed by atoms with Gasteiger partial charge in [0.05, 0.1) is 23.0 Å². The van der Waals surface area contributed by atoms with Crippen molar-refractivity contribution in [2.24, 2.45) is 5.14 Å². The summed E-state index contributed by atoms with van der Waals surface area (Å²) in [5.41, 5.74) is 1.02. The minimum Gasteiger partial charge on any atom is -0.367 e. The Morgan fingerprint density at radius 3 is 2.53 bits per heavy atom. The van der Waals surface area contributed by atoms with Crippen molar-refractivity contribution in [3.05, 3.63) is 36.0 Å². The molecule has 1 amide bonds. The SMILES string of the molecule is CSc1nc(NC(C)C)c2cnn(CCNC(=O)c3ccc(S(N)(=O)=O)cc3)c2n1. The van der Waals surface area contributed by atoms with Gasteiger partial charge in [-0.05, 0) is 44.4 Å². The van der Waals surface area contributed by atoms with Crippen LogP contribution in [0.5, 0.6) is 0 Å². The number of sulfonamides is 1. The number of nitrogens with zero attached hydrogens (tertiary/aromatic N) is 4. The zero-order chi connectivity index (χ0) is 21.9. The Bertz CT molecular complexity index is 1160. The quantitative estimate of drug-likeness (QED) is 0.346. The number of aromatic nitrogens is 4. The number of nitrogens with one attached hydrogen (secondary N) is 2. The van der Waals surface area contributed by atoms with Crippen molar-refractivity contribution >= 4 is 44.5 Å². The molecule has 0 bridgehead atoms. The number of primary sulfonamides is 1. The summed E-state index contributed by atoms with van der Waals surface area (Å²) < 4.78 is 24.3. The van der Waals surface area contributed by atoms with E-state index in [9.17, 15) is 13.2 Å². The lowest BCUT2D eigenvalue weighted by molar-refractivity contribution is 0.0952. The van der Waals surface area contributed by atoms with Crippen LogP contribution in [0.4, 0.5) is 5.82 Å². The molecule has 160 valence electrons. The molecule has 2 aromatic heterocycles. The van der Waals surface area contributed by atoms with Crippen LogP contribution in [-0.2, 0) is 16.6 Å². The summed E-state index contributed by atoms with van der Waals surface area (Å²) in [5.74, 6) is 0.401. The van der Waals surface area contributed by atoms with Gasteiger partial charge in [0.2, 0.25) is 10.0 Å². The van der Waals surface area contributed by atoms with Crippen molar-refractivity contribution in [3.63, 3.8) is 0 Å². The largest absolute Gasteiger partial charge is 0.367 e. The van der Waals surface area contributed by atoms with Gasteiger partial charge in [-0.1, -0.05) is 11.8 Å². The highest BCUT2D eigenvalue weighted by Crippen LogP contribution is 2.23. The van der Waals surface area contributed by atoms with E-state index in [2.05, 4.69) is 25.7 Å². The van der Waals surface area contributed by atoms with E-state index >= 15 is 0 Å². The number of carbonyl (C=O) groups excluding carboxylic acids is 1. The normalized spacial score (nSPS) is 11.8. The highest BCUT2D eigenvalue weighted by Gasteiger charge is 2.14. The Labute approximate surface area is 178 Å². The molecule has 0 fully saturated rings. The second kappa shape index (κ2) is 8.98. The van der Waals surface area contributed by atoms with Gasteiger partial charge in [0.15, 0.2) is 10.8 Å². The minimum atomic E-state index is -3.79. The number of hydrogen-bond acceptors (Lipinski definition) is 8. The van der Waals surface area contributed by atoms with Gasteiger partial charge in [0.1, 0.15) is 5.82 Å². The van der Waals surface area contributed by atoms with Crippen molar-refractivity contribution in [3.8, 4) is 0 Å². The lowest BCUT2D eigenvalue weighted by atomic mass is 10.2. The molecule has 4 N–H and O–H groups in total. The molecule has 0 aliphatic carbocycles. The second-order valence-corrected chi connectivity index (χ2v) is 9.12. The number of carbonyl (C=O) groups is 1. The number of fused-ring (bicyclic) bond motifs is 1. The van der Waals surface area contributed by atoms with E-state index in [4.69, 9.17) is 5.14 Å². The molecule has 12 heteroatoms. The van der Waals surface area contributed by atoms with Gasteiger partial charge in [0, 0.05) is 18.2 Å². The highest BCUT2D eigenvalue weighted by molar-refractivity contribution is 7.98. The number of amides is 1. The van der Waals surface area contributed by atoms with Crippen LogP contribution in [0.25, 0.3) is 11.0 Å². The lowest BCUT2D eigenvalue weighted by Crippen LogP contribution is -2.27. The summed E-state index contributed by atoms with van der Waals surface area (Å²) in [7, 11) is -3.79. The molecule has 0 radical (unpaired) electrons. The second-order valence-electron chi connectivity index (χ2n) is 6.79. The fraction of sp³-hybridized carbons (Fsp3) is 0.333. The van der Waals surface area contributed by atoms with E-state index in [1.807, 2.05) is 20.1 Å². The molecule has 3 rings (SSSR count). The fourth-order valence-corrected chi connectivity index (χ4v) is 3.62. The number of rotatable bonds is 8. The number of thioether (sulfide) groups is 1. The van der Waals surface area contributed by atoms with Gasteiger partial charge < -0.3 is 10.6 Å². The number of benzene rings is 1. The average Bonchev–Trinajstić information content (AvgIpc) is 3.10. The number of nitrogens with two attached hydrogens (primary N) is 1. The molecule has 0 saturated heterocycles. The monoisotopic (exact) mass is 449 g/mol. The maximum Gasteiger partial charge on any atom is 0.251 e. The third kappa shape index (κ3) is 5.07. The Morgan fingerprint density at radius 1 is 1.23 bits per heavy atom. The van der Waals surface area contributed by atoms with Crippen molar-refractivity contribution in [1.29, 1.82) is 0 Å². The maximum absolute atomic E-state index is 12.3. The molecule has 30 heavy (non-hydrogen) atoms. The predicted molar refractivity (Wildman–Crippen MR) is 116 cm³/mol. The van der Waals surface area contributed by atoms with Crippen LogP contribution in [0.15, 0.2) is 40.5 Å². The fourth-order valence-electron chi connectivity index (χ4n) is 2.75. The molecule has 0 atom stereocenters. The van der Waals surface area contributed by atoms with Crippen LogP contribution >= 0.6 is 11.8 Å². The maximum atomic E-state index is 12.3. The summed E-state index contributed by atoms with van der Waals surface area (Å²) in [4.78, 5) is 21.3. The Hall–Kier alpha value is -2.70. The third-order valence-electron chi connectivity index (χ3n) is 4.14. The van der Waals surface area contributed by atoms with Crippen LogP contribution < -0.4 is 15.8 Å². The molecule has 1 aromatic carbocycles. The van der Waals surface area contributed by atoms with Crippen molar-refractivity contribution in [2.45, 2.75) is 36.5 Å². The Balaban J connectivity index is 1.70. The number of anilines is 1. The van der Waals surface area contributed by atoms with Crippen LogP contribution in [-0.4, -0.2) is 52.9 Å². The third-order valence-corrected chi connectivity index (χ3v) is 5.61. The molecule has 10 nitrogen and oxygen atoms in total. The van der Waals surface area contributed by atoms with Gasteiger partial charge in [-0.3, -0.25) is 4.79 Å². The zero-order valence-corrected chi connectivity index (χ0v) is 18.4. The van der Waals surface area contributed by atoms with Gasteiger partial charge in [-0.2, -0.15) is 5.10 Å². The lowest BCUT2D eigenvalue weighted by Gasteiger charge is -2.11.